The Morgan fingerprint density at radius 3 is 1.92 bits per heavy atom. The monoisotopic (exact) mass is 353 g/mol. The highest BCUT2D eigenvalue weighted by molar-refractivity contribution is 7.13. The summed E-state index contributed by atoms with van der Waals surface area (Å²) in [7, 11) is 0. The lowest BCUT2D eigenvalue weighted by Gasteiger charge is -2.06. The molecule has 0 unspecified atom stereocenters. The first kappa shape index (κ1) is 17.5. The number of benzene rings is 2. The Hall–Kier alpha value is -2.34. The standard InChI is InChI=1S/C20H19NO3S/c22-11-20-21-18(14-23-12-16-7-3-1-4-8-16)19(25-20)15-24-13-17-9-5-2-6-10-17/h1-11H,12-15H2. The van der Waals surface area contributed by atoms with Gasteiger partial charge in [0.15, 0.2) is 11.3 Å². The molecule has 1 heterocycles. The number of carbonyl (C=O) groups is 1. The summed E-state index contributed by atoms with van der Waals surface area (Å²) in [5, 5.41) is 0.455. The molecular weight excluding hydrogens is 334 g/mol. The molecule has 0 saturated carbocycles. The second-order valence-electron chi connectivity index (χ2n) is 5.50. The largest absolute Gasteiger partial charge is 0.371 e. The summed E-state index contributed by atoms with van der Waals surface area (Å²) in [6.07, 6.45) is 0.770. The van der Waals surface area contributed by atoms with Gasteiger partial charge in [0.25, 0.3) is 0 Å². The summed E-state index contributed by atoms with van der Waals surface area (Å²) in [6.45, 7) is 1.83. The molecule has 128 valence electrons. The first-order valence-electron chi connectivity index (χ1n) is 8.02. The molecule has 3 aromatic rings. The van der Waals surface area contributed by atoms with Crippen LogP contribution in [-0.4, -0.2) is 11.3 Å². The van der Waals surface area contributed by atoms with Gasteiger partial charge in [0.2, 0.25) is 0 Å². The Balaban J connectivity index is 1.55. The molecule has 3 rings (SSSR count). The van der Waals surface area contributed by atoms with Gasteiger partial charge in [-0.15, -0.1) is 11.3 Å². The summed E-state index contributed by atoms with van der Waals surface area (Å²) in [5.74, 6) is 0. The van der Waals surface area contributed by atoms with E-state index >= 15 is 0 Å². The zero-order chi connectivity index (χ0) is 17.3. The number of aromatic nitrogens is 1. The Kier molecular flexibility index (Phi) is 6.45. The van der Waals surface area contributed by atoms with E-state index in [1.807, 2.05) is 60.7 Å². The molecule has 0 amide bonds. The predicted octanol–water partition coefficient (Wildman–Crippen LogP) is 4.39. The Morgan fingerprint density at radius 2 is 1.36 bits per heavy atom. The maximum Gasteiger partial charge on any atom is 0.178 e. The number of aldehydes is 1. The highest BCUT2D eigenvalue weighted by atomic mass is 32.1. The number of hydrogen-bond acceptors (Lipinski definition) is 5. The number of hydrogen-bond donors (Lipinski definition) is 0. The van der Waals surface area contributed by atoms with Gasteiger partial charge in [0.05, 0.1) is 37.0 Å². The molecule has 0 saturated heterocycles. The zero-order valence-corrected chi connectivity index (χ0v) is 14.6. The topological polar surface area (TPSA) is 48.4 Å². The molecule has 0 aliphatic heterocycles. The van der Waals surface area contributed by atoms with Crippen molar-refractivity contribution in [2.75, 3.05) is 0 Å². The van der Waals surface area contributed by atoms with Gasteiger partial charge >= 0.3 is 0 Å². The van der Waals surface area contributed by atoms with Crippen molar-refractivity contribution in [2.24, 2.45) is 0 Å². The molecule has 0 N–H and O–H groups in total. The summed E-state index contributed by atoms with van der Waals surface area (Å²) < 4.78 is 11.5. The molecular formula is C20H19NO3S. The van der Waals surface area contributed by atoms with E-state index < -0.39 is 0 Å². The maximum absolute atomic E-state index is 11.0. The second kappa shape index (κ2) is 9.22. The number of nitrogens with zero attached hydrogens (tertiary/aromatic N) is 1. The lowest BCUT2D eigenvalue weighted by atomic mass is 10.2. The molecule has 1 aromatic heterocycles. The molecule has 25 heavy (non-hydrogen) atoms. The van der Waals surface area contributed by atoms with Crippen molar-refractivity contribution in [3.63, 3.8) is 0 Å². The van der Waals surface area contributed by atoms with Crippen LogP contribution in [0.25, 0.3) is 0 Å². The van der Waals surface area contributed by atoms with Crippen molar-refractivity contribution < 1.29 is 14.3 Å². The molecule has 2 aromatic carbocycles. The van der Waals surface area contributed by atoms with Crippen molar-refractivity contribution >= 4 is 17.6 Å². The average Bonchev–Trinajstić information content (AvgIpc) is 3.06. The normalized spacial score (nSPS) is 10.7. The molecule has 4 nitrogen and oxygen atoms in total. The first-order valence-corrected chi connectivity index (χ1v) is 8.84. The summed E-state index contributed by atoms with van der Waals surface area (Å²) in [5.41, 5.74) is 3.00. The zero-order valence-electron chi connectivity index (χ0n) is 13.8. The van der Waals surface area contributed by atoms with E-state index in [0.717, 1.165) is 28.0 Å². The summed E-state index contributed by atoms with van der Waals surface area (Å²) in [4.78, 5) is 16.3. The minimum Gasteiger partial charge on any atom is -0.371 e. The quantitative estimate of drug-likeness (QED) is 0.535. The van der Waals surface area contributed by atoms with Gasteiger partial charge in [-0.3, -0.25) is 4.79 Å². The fourth-order valence-corrected chi connectivity index (χ4v) is 3.18. The van der Waals surface area contributed by atoms with Gasteiger partial charge < -0.3 is 9.47 Å². The smallest absolute Gasteiger partial charge is 0.178 e. The predicted molar refractivity (Wildman–Crippen MR) is 97.4 cm³/mol. The van der Waals surface area contributed by atoms with Crippen molar-refractivity contribution in [3.05, 3.63) is 87.4 Å². The van der Waals surface area contributed by atoms with Crippen LogP contribution in [0.15, 0.2) is 60.7 Å². The van der Waals surface area contributed by atoms with Gasteiger partial charge in [0.1, 0.15) is 0 Å². The van der Waals surface area contributed by atoms with E-state index in [-0.39, 0.29) is 0 Å². The van der Waals surface area contributed by atoms with Crippen LogP contribution in [0, 0.1) is 0 Å². The maximum atomic E-state index is 11.0. The van der Waals surface area contributed by atoms with E-state index in [0.29, 0.717) is 31.4 Å². The van der Waals surface area contributed by atoms with E-state index in [1.165, 1.54) is 11.3 Å². The van der Waals surface area contributed by atoms with Gasteiger partial charge in [-0.1, -0.05) is 60.7 Å². The second-order valence-corrected chi connectivity index (χ2v) is 6.61. The van der Waals surface area contributed by atoms with Crippen LogP contribution in [0.4, 0.5) is 0 Å². The van der Waals surface area contributed by atoms with Crippen molar-refractivity contribution in [2.45, 2.75) is 26.4 Å². The SMILES string of the molecule is O=Cc1nc(COCc2ccccc2)c(COCc2ccccc2)s1. The number of carbonyl (C=O) groups excluding carboxylic acids is 1. The highest BCUT2D eigenvalue weighted by Gasteiger charge is 2.11. The Bertz CT molecular complexity index is 724. The van der Waals surface area contributed by atoms with Crippen LogP contribution in [-0.2, 0) is 35.9 Å². The molecule has 0 fully saturated rings. The van der Waals surface area contributed by atoms with Crippen LogP contribution in [0.3, 0.4) is 0 Å². The summed E-state index contributed by atoms with van der Waals surface area (Å²) in [6, 6.07) is 20.0. The Morgan fingerprint density at radius 1 is 0.800 bits per heavy atom. The third-order valence-electron chi connectivity index (χ3n) is 3.59. The van der Waals surface area contributed by atoms with Crippen LogP contribution < -0.4 is 0 Å². The fourth-order valence-electron chi connectivity index (χ4n) is 2.35. The molecule has 0 spiro atoms. The lowest BCUT2D eigenvalue weighted by molar-refractivity contribution is 0.0932. The van der Waals surface area contributed by atoms with E-state index in [9.17, 15) is 4.79 Å². The third kappa shape index (κ3) is 5.32. The van der Waals surface area contributed by atoms with Crippen LogP contribution in [0.1, 0.15) is 31.5 Å². The minimum atomic E-state index is 0.364. The Labute approximate surface area is 151 Å². The van der Waals surface area contributed by atoms with Crippen LogP contribution in [0.2, 0.25) is 0 Å². The third-order valence-corrected chi connectivity index (χ3v) is 4.59. The number of rotatable bonds is 9. The average molecular weight is 353 g/mol. The van der Waals surface area contributed by atoms with Gasteiger partial charge in [0, 0.05) is 0 Å². The van der Waals surface area contributed by atoms with Gasteiger partial charge in [-0.2, -0.15) is 0 Å². The summed E-state index contributed by atoms with van der Waals surface area (Å²) >= 11 is 1.36. The number of ether oxygens (including phenoxy) is 2. The van der Waals surface area contributed by atoms with Crippen molar-refractivity contribution in [1.82, 2.24) is 4.98 Å². The van der Waals surface area contributed by atoms with Crippen molar-refractivity contribution in [3.8, 4) is 0 Å². The molecule has 0 bridgehead atoms. The van der Waals surface area contributed by atoms with E-state index in [4.69, 9.17) is 9.47 Å². The van der Waals surface area contributed by atoms with Crippen LogP contribution in [0.5, 0.6) is 0 Å². The van der Waals surface area contributed by atoms with Gasteiger partial charge in [-0.25, -0.2) is 4.98 Å². The highest BCUT2D eigenvalue weighted by Crippen LogP contribution is 2.20. The lowest BCUT2D eigenvalue weighted by Crippen LogP contribution is -2.00. The molecule has 0 aliphatic carbocycles. The fraction of sp³-hybridized carbons (Fsp3) is 0.200. The number of thiazole rings is 1. The van der Waals surface area contributed by atoms with Gasteiger partial charge in [-0.05, 0) is 11.1 Å². The molecule has 0 radical (unpaired) electrons. The van der Waals surface area contributed by atoms with E-state index in [2.05, 4.69) is 4.98 Å². The minimum absolute atomic E-state index is 0.364. The molecule has 0 aliphatic rings. The van der Waals surface area contributed by atoms with E-state index in [1.54, 1.807) is 0 Å². The van der Waals surface area contributed by atoms with Crippen molar-refractivity contribution in [1.29, 1.82) is 0 Å². The molecule has 5 heteroatoms. The molecule has 0 atom stereocenters. The van der Waals surface area contributed by atoms with Crippen LogP contribution >= 0.6 is 11.3 Å². The first-order chi connectivity index (χ1) is 12.3.